The number of rotatable bonds is 6. The van der Waals surface area contributed by atoms with Crippen molar-refractivity contribution < 1.29 is 8.94 Å². The Hall–Kier alpha value is -1.69. The molecule has 1 aliphatic carbocycles. The minimum Gasteiger partial charge on any atom is -0.444 e. The van der Waals surface area contributed by atoms with Crippen LogP contribution < -0.4 is 5.32 Å². The van der Waals surface area contributed by atoms with E-state index in [9.17, 15) is 0 Å². The summed E-state index contributed by atoms with van der Waals surface area (Å²) in [6, 6.07) is 0. The average Bonchev–Trinajstić information content (AvgIpc) is 2.99. The first-order valence-electron chi connectivity index (χ1n) is 7.11. The molecule has 0 aromatic carbocycles. The van der Waals surface area contributed by atoms with E-state index in [2.05, 4.69) is 20.4 Å². The summed E-state index contributed by atoms with van der Waals surface area (Å²) in [4.78, 5) is 8.68. The Morgan fingerprint density at radius 1 is 1.40 bits per heavy atom. The summed E-state index contributed by atoms with van der Waals surface area (Å²) in [5, 5.41) is 7.40. The van der Waals surface area contributed by atoms with Crippen LogP contribution in [-0.2, 0) is 18.5 Å². The van der Waals surface area contributed by atoms with Gasteiger partial charge in [0.1, 0.15) is 5.76 Å². The van der Waals surface area contributed by atoms with Crippen LogP contribution in [0.2, 0.25) is 0 Å². The van der Waals surface area contributed by atoms with Crippen molar-refractivity contribution in [2.45, 2.75) is 58.0 Å². The molecule has 0 radical (unpaired) electrons. The first-order chi connectivity index (χ1) is 9.58. The van der Waals surface area contributed by atoms with E-state index in [0.29, 0.717) is 24.2 Å². The molecule has 6 nitrogen and oxygen atoms in total. The molecule has 1 aliphatic rings. The molecule has 0 aliphatic heterocycles. The van der Waals surface area contributed by atoms with Gasteiger partial charge in [-0.15, -0.1) is 0 Å². The highest BCUT2D eigenvalue weighted by Crippen LogP contribution is 2.39. The number of nitrogens with one attached hydrogen (secondary N) is 1. The fourth-order valence-corrected chi connectivity index (χ4v) is 1.96. The van der Waals surface area contributed by atoms with Gasteiger partial charge in [-0.2, -0.15) is 4.98 Å². The van der Waals surface area contributed by atoms with Gasteiger partial charge in [0, 0.05) is 12.3 Å². The second-order valence-corrected chi connectivity index (χ2v) is 5.78. The van der Waals surface area contributed by atoms with Crippen LogP contribution in [0.5, 0.6) is 0 Å². The van der Waals surface area contributed by atoms with Crippen LogP contribution in [0, 0.1) is 0 Å². The third-order valence-electron chi connectivity index (χ3n) is 3.53. The van der Waals surface area contributed by atoms with E-state index < -0.39 is 0 Å². The van der Waals surface area contributed by atoms with E-state index in [1.807, 2.05) is 20.8 Å². The summed E-state index contributed by atoms with van der Waals surface area (Å²) in [5.74, 6) is 3.58. The van der Waals surface area contributed by atoms with Crippen molar-refractivity contribution in [2.75, 3.05) is 0 Å². The molecule has 0 bridgehead atoms. The van der Waals surface area contributed by atoms with Gasteiger partial charge >= 0.3 is 0 Å². The maximum Gasteiger partial charge on any atom is 0.226 e. The van der Waals surface area contributed by atoms with Gasteiger partial charge in [0.2, 0.25) is 5.89 Å². The first kappa shape index (κ1) is 13.3. The van der Waals surface area contributed by atoms with Gasteiger partial charge in [-0.05, 0) is 26.7 Å². The first-order valence-corrected chi connectivity index (χ1v) is 7.11. The van der Waals surface area contributed by atoms with Gasteiger partial charge in [0.25, 0.3) is 0 Å². The Labute approximate surface area is 118 Å². The van der Waals surface area contributed by atoms with Gasteiger partial charge < -0.3 is 8.94 Å². The third kappa shape index (κ3) is 2.75. The van der Waals surface area contributed by atoms with Crippen molar-refractivity contribution in [3.8, 4) is 0 Å². The van der Waals surface area contributed by atoms with E-state index in [4.69, 9.17) is 8.94 Å². The second kappa shape index (κ2) is 5.01. The van der Waals surface area contributed by atoms with Crippen molar-refractivity contribution in [1.29, 1.82) is 0 Å². The SMILES string of the molecule is CCc1nc(C(C)(C)NCc2cnc(C3CC3)o2)no1. The Morgan fingerprint density at radius 3 is 2.85 bits per heavy atom. The Bertz CT molecular complexity index is 584. The molecule has 1 fully saturated rings. The molecule has 1 saturated carbocycles. The third-order valence-corrected chi connectivity index (χ3v) is 3.53. The van der Waals surface area contributed by atoms with Crippen LogP contribution in [0.15, 0.2) is 15.1 Å². The highest BCUT2D eigenvalue weighted by atomic mass is 16.5. The summed E-state index contributed by atoms with van der Waals surface area (Å²) in [7, 11) is 0. The minimum absolute atomic E-state index is 0.372. The summed E-state index contributed by atoms with van der Waals surface area (Å²) >= 11 is 0. The predicted octanol–water partition coefficient (Wildman–Crippen LogP) is 2.52. The molecule has 0 spiro atoms. The smallest absolute Gasteiger partial charge is 0.226 e. The van der Waals surface area contributed by atoms with Crippen LogP contribution in [0.25, 0.3) is 0 Å². The largest absolute Gasteiger partial charge is 0.444 e. The maximum absolute atomic E-state index is 5.73. The maximum atomic E-state index is 5.73. The molecule has 2 aromatic rings. The molecule has 108 valence electrons. The van der Waals surface area contributed by atoms with E-state index in [0.717, 1.165) is 18.1 Å². The normalized spacial score (nSPS) is 15.8. The highest BCUT2D eigenvalue weighted by molar-refractivity contribution is 5.06. The van der Waals surface area contributed by atoms with Crippen LogP contribution in [0.3, 0.4) is 0 Å². The lowest BCUT2D eigenvalue weighted by Gasteiger charge is -2.21. The zero-order valence-electron chi connectivity index (χ0n) is 12.1. The molecule has 6 heteroatoms. The standard InChI is InChI=1S/C14H20N4O2/c1-4-11-17-13(18-20-11)14(2,3)16-8-10-7-15-12(19-10)9-5-6-9/h7,9,16H,4-6,8H2,1-3H3. The Kier molecular flexibility index (Phi) is 3.33. The zero-order valence-corrected chi connectivity index (χ0v) is 12.1. The fourth-order valence-electron chi connectivity index (χ4n) is 1.96. The summed E-state index contributed by atoms with van der Waals surface area (Å²) in [5.41, 5.74) is -0.372. The Morgan fingerprint density at radius 2 is 2.20 bits per heavy atom. The van der Waals surface area contributed by atoms with Crippen LogP contribution in [-0.4, -0.2) is 15.1 Å². The summed E-state index contributed by atoms with van der Waals surface area (Å²) in [6.07, 6.45) is 4.93. The average molecular weight is 276 g/mol. The van der Waals surface area contributed by atoms with Gasteiger partial charge in [0.15, 0.2) is 11.7 Å². The number of aryl methyl sites for hydroxylation is 1. The number of hydrogen-bond acceptors (Lipinski definition) is 6. The van der Waals surface area contributed by atoms with Gasteiger partial charge in [0.05, 0.1) is 18.3 Å². The van der Waals surface area contributed by atoms with Crippen molar-refractivity contribution in [1.82, 2.24) is 20.4 Å². The van der Waals surface area contributed by atoms with Crippen LogP contribution >= 0.6 is 0 Å². The molecule has 0 unspecified atom stereocenters. The van der Waals surface area contributed by atoms with Gasteiger partial charge in [-0.1, -0.05) is 12.1 Å². The fraction of sp³-hybridized carbons (Fsp3) is 0.643. The number of hydrogen-bond donors (Lipinski definition) is 1. The zero-order chi connectivity index (χ0) is 14.2. The monoisotopic (exact) mass is 276 g/mol. The van der Waals surface area contributed by atoms with E-state index in [1.54, 1.807) is 6.20 Å². The number of nitrogens with zero attached hydrogens (tertiary/aromatic N) is 3. The molecular formula is C14H20N4O2. The van der Waals surface area contributed by atoms with Crippen molar-refractivity contribution in [3.05, 3.63) is 29.6 Å². The Balaban J connectivity index is 1.62. The second-order valence-electron chi connectivity index (χ2n) is 5.78. The van der Waals surface area contributed by atoms with Crippen molar-refractivity contribution in [2.24, 2.45) is 0 Å². The molecule has 1 N–H and O–H groups in total. The van der Waals surface area contributed by atoms with E-state index in [1.165, 1.54) is 12.8 Å². The number of oxazole rings is 1. The molecule has 0 saturated heterocycles. The lowest BCUT2D eigenvalue weighted by Crippen LogP contribution is -2.37. The molecular weight excluding hydrogens is 256 g/mol. The number of aromatic nitrogens is 3. The van der Waals surface area contributed by atoms with Gasteiger partial charge in [-0.25, -0.2) is 4.98 Å². The molecule has 0 amide bonds. The van der Waals surface area contributed by atoms with E-state index >= 15 is 0 Å². The van der Waals surface area contributed by atoms with Crippen LogP contribution in [0.1, 0.15) is 62.9 Å². The topological polar surface area (TPSA) is 77.0 Å². The predicted molar refractivity (Wildman–Crippen MR) is 72.0 cm³/mol. The quantitative estimate of drug-likeness (QED) is 0.873. The molecule has 2 heterocycles. The summed E-state index contributed by atoms with van der Waals surface area (Å²) in [6.45, 7) is 6.64. The molecule has 3 rings (SSSR count). The minimum atomic E-state index is -0.372. The molecule has 2 aromatic heterocycles. The van der Waals surface area contributed by atoms with Crippen molar-refractivity contribution >= 4 is 0 Å². The van der Waals surface area contributed by atoms with E-state index in [-0.39, 0.29) is 5.54 Å². The summed E-state index contributed by atoms with van der Waals surface area (Å²) < 4.78 is 10.9. The van der Waals surface area contributed by atoms with Crippen molar-refractivity contribution in [3.63, 3.8) is 0 Å². The van der Waals surface area contributed by atoms with Crippen LogP contribution in [0.4, 0.5) is 0 Å². The lowest BCUT2D eigenvalue weighted by atomic mass is 10.1. The highest BCUT2D eigenvalue weighted by Gasteiger charge is 2.29. The van der Waals surface area contributed by atoms with Gasteiger partial charge in [-0.3, -0.25) is 5.32 Å². The molecule has 0 atom stereocenters. The molecule has 20 heavy (non-hydrogen) atoms. The lowest BCUT2D eigenvalue weighted by molar-refractivity contribution is 0.321.